The average molecular weight is 527 g/mol. The van der Waals surface area contributed by atoms with Crippen LogP contribution < -0.4 is 15.0 Å². The van der Waals surface area contributed by atoms with E-state index in [4.69, 9.17) is 23.3 Å². The van der Waals surface area contributed by atoms with Crippen molar-refractivity contribution in [1.29, 1.82) is 0 Å². The summed E-state index contributed by atoms with van der Waals surface area (Å²) in [5, 5.41) is 19.8. The first-order valence-corrected chi connectivity index (χ1v) is 13.3. The highest BCUT2D eigenvalue weighted by atomic mass is 32.2. The molecule has 0 spiro atoms. The first kappa shape index (κ1) is 29.1. The molecule has 0 bridgehead atoms. The molecule has 14 nitrogen and oxygen atoms in total. The maximum absolute atomic E-state index is 12.0. The molecule has 16 heteroatoms. The second kappa shape index (κ2) is 13.1. The van der Waals surface area contributed by atoms with Crippen LogP contribution in [0.3, 0.4) is 0 Å². The maximum Gasteiger partial charge on any atom is 0.413 e. The van der Waals surface area contributed by atoms with Gasteiger partial charge in [0.2, 0.25) is 0 Å². The summed E-state index contributed by atoms with van der Waals surface area (Å²) in [4.78, 5) is 35.3. The molecule has 0 saturated heterocycles. The van der Waals surface area contributed by atoms with Crippen LogP contribution in [0.15, 0.2) is 24.3 Å². The van der Waals surface area contributed by atoms with E-state index in [1.165, 1.54) is 24.3 Å². The van der Waals surface area contributed by atoms with Crippen LogP contribution in [0.1, 0.15) is 12.8 Å². The Hall–Kier alpha value is -2.95. The van der Waals surface area contributed by atoms with Gasteiger partial charge < -0.3 is 25.2 Å². The predicted octanol–water partition coefficient (Wildman–Crippen LogP) is -0.148. The van der Waals surface area contributed by atoms with Crippen LogP contribution >= 0.6 is 0 Å². The minimum Gasteiger partial charge on any atom is -0.481 e. The Balaban J connectivity index is 2.81. The monoisotopic (exact) mass is 526 g/mol. The number of rotatable bonds is 15. The van der Waals surface area contributed by atoms with Gasteiger partial charge in [0.1, 0.15) is 11.8 Å². The fraction of sp³-hybridized carbons (Fsp3) is 0.500. The highest BCUT2D eigenvalue weighted by Gasteiger charge is 2.22. The Morgan fingerprint density at radius 2 is 1.44 bits per heavy atom. The summed E-state index contributed by atoms with van der Waals surface area (Å²) < 4.78 is 59.1. The van der Waals surface area contributed by atoms with Gasteiger partial charge >= 0.3 is 18.0 Å². The van der Waals surface area contributed by atoms with Crippen molar-refractivity contribution < 1.29 is 54.5 Å². The highest BCUT2D eigenvalue weighted by molar-refractivity contribution is 7.86. The second-order valence-electron chi connectivity index (χ2n) is 6.89. The lowest BCUT2D eigenvalue weighted by atomic mass is 10.1. The summed E-state index contributed by atoms with van der Waals surface area (Å²) in [5.41, 5.74) is 0.492. The molecule has 0 aliphatic heterocycles. The molecule has 0 unspecified atom stereocenters. The minimum atomic E-state index is -3.68. The van der Waals surface area contributed by atoms with Crippen molar-refractivity contribution in [3.05, 3.63) is 24.3 Å². The Kier molecular flexibility index (Phi) is 11.2. The molecule has 1 rings (SSSR count). The zero-order valence-electron chi connectivity index (χ0n) is 18.4. The molecule has 1 aromatic carbocycles. The normalized spacial score (nSPS) is 12.5. The lowest BCUT2D eigenvalue weighted by Gasteiger charge is -2.24. The van der Waals surface area contributed by atoms with Gasteiger partial charge in [0.25, 0.3) is 20.2 Å². The van der Waals surface area contributed by atoms with Gasteiger partial charge in [-0.1, -0.05) is 0 Å². The van der Waals surface area contributed by atoms with Crippen molar-refractivity contribution in [3.8, 4) is 5.75 Å². The number of anilines is 1. The van der Waals surface area contributed by atoms with E-state index in [9.17, 15) is 31.2 Å². The molecular weight excluding hydrogens is 500 g/mol. The second-order valence-corrected chi connectivity index (χ2v) is 10.2. The van der Waals surface area contributed by atoms with Crippen molar-refractivity contribution in [3.63, 3.8) is 0 Å². The van der Waals surface area contributed by atoms with Crippen LogP contribution in [0.5, 0.6) is 5.75 Å². The topological polar surface area (TPSA) is 203 Å². The number of hydrogen-bond acceptors (Lipinski definition) is 11. The molecule has 34 heavy (non-hydrogen) atoms. The van der Waals surface area contributed by atoms with Gasteiger partial charge in [-0.15, -0.1) is 0 Å². The summed E-state index contributed by atoms with van der Waals surface area (Å²) in [6.07, 6.45) is -0.131. The summed E-state index contributed by atoms with van der Waals surface area (Å²) in [5.74, 6) is -2.61. The molecule has 1 atom stereocenters. The lowest BCUT2D eigenvalue weighted by molar-refractivity contribution is -0.140. The van der Waals surface area contributed by atoms with Crippen LogP contribution in [0.4, 0.5) is 10.5 Å². The molecule has 1 amide bonds. The zero-order valence-corrected chi connectivity index (χ0v) is 20.0. The Bertz CT molecular complexity index is 1020. The number of carbonyl (C=O) groups excluding carboxylic acids is 1. The van der Waals surface area contributed by atoms with Crippen molar-refractivity contribution in [1.82, 2.24) is 5.32 Å². The number of nitrogens with one attached hydrogen (secondary N) is 1. The van der Waals surface area contributed by atoms with Gasteiger partial charge in [0, 0.05) is 25.2 Å². The fourth-order valence-electron chi connectivity index (χ4n) is 2.50. The molecule has 0 aliphatic carbocycles. The summed E-state index contributed by atoms with van der Waals surface area (Å²) in [6.45, 7) is -0.313. The van der Waals surface area contributed by atoms with E-state index < -0.39 is 50.7 Å². The predicted molar refractivity (Wildman–Crippen MR) is 118 cm³/mol. The smallest absolute Gasteiger partial charge is 0.413 e. The van der Waals surface area contributed by atoms with E-state index >= 15 is 0 Å². The number of aliphatic carboxylic acids is 2. The van der Waals surface area contributed by atoms with Gasteiger partial charge in [-0.05, 0) is 30.7 Å². The van der Waals surface area contributed by atoms with E-state index in [0.29, 0.717) is 5.69 Å². The molecule has 0 aliphatic rings. The number of hydrogen-bond donors (Lipinski definition) is 3. The number of amides is 1. The molecule has 0 aromatic heterocycles. The summed E-state index contributed by atoms with van der Waals surface area (Å²) >= 11 is 0. The van der Waals surface area contributed by atoms with E-state index in [1.807, 2.05) is 0 Å². The van der Waals surface area contributed by atoms with Crippen LogP contribution in [-0.4, -0.2) is 89.9 Å². The fourth-order valence-corrected chi connectivity index (χ4v) is 3.25. The lowest BCUT2D eigenvalue weighted by Crippen LogP contribution is -2.42. The SMILES string of the molecule is CS(=O)(=O)OCCN(CCOS(C)(=O)=O)c1ccc(OC(=O)N[C@@H](CCC(=O)O)C(=O)O)cc1. The third-order valence-corrected chi connectivity index (χ3v) is 5.16. The molecule has 0 fully saturated rings. The molecule has 1 aromatic rings. The first-order chi connectivity index (χ1) is 15.7. The number of carbonyl (C=O) groups is 3. The minimum absolute atomic E-state index is 0.0309. The third-order valence-electron chi connectivity index (χ3n) is 3.97. The summed E-state index contributed by atoms with van der Waals surface area (Å²) in [7, 11) is -7.37. The molecule has 0 radical (unpaired) electrons. The number of nitrogens with zero attached hydrogens (tertiary/aromatic N) is 1. The van der Waals surface area contributed by atoms with Gasteiger partial charge in [0.15, 0.2) is 0 Å². The van der Waals surface area contributed by atoms with Gasteiger partial charge in [-0.3, -0.25) is 13.2 Å². The Labute approximate surface area is 196 Å². The number of benzene rings is 1. The Morgan fingerprint density at radius 1 is 0.941 bits per heavy atom. The highest BCUT2D eigenvalue weighted by Crippen LogP contribution is 2.20. The van der Waals surface area contributed by atoms with Crippen molar-refractivity contribution in [2.75, 3.05) is 43.7 Å². The largest absolute Gasteiger partial charge is 0.481 e. The number of carboxylic acid groups (broad SMARTS) is 2. The molecule has 0 heterocycles. The third kappa shape index (κ3) is 12.9. The number of carboxylic acids is 2. The maximum atomic E-state index is 12.0. The standard InChI is InChI=1S/C18H26N2O12S2/c1-33(26,27)30-11-9-20(10-12-31-34(2,28)29)13-3-5-14(6-4-13)32-18(25)19-15(17(23)24)7-8-16(21)22/h3-6,15H,7-12H2,1-2H3,(H,19,25)(H,21,22)(H,23,24)/t15-/m0/s1. The zero-order chi connectivity index (χ0) is 25.9. The van der Waals surface area contributed by atoms with Gasteiger partial charge in [-0.2, -0.15) is 16.8 Å². The van der Waals surface area contributed by atoms with E-state index in [1.54, 1.807) is 4.90 Å². The van der Waals surface area contributed by atoms with E-state index in [2.05, 4.69) is 5.32 Å². The van der Waals surface area contributed by atoms with Gasteiger partial charge in [0.05, 0.1) is 25.7 Å². The number of ether oxygens (including phenoxy) is 1. The molecule has 3 N–H and O–H groups in total. The molecular formula is C18H26N2O12S2. The van der Waals surface area contributed by atoms with Crippen LogP contribution in [0, 0.1) is 0 Å². The van der Waals surface area contributed by atoms with E-state index in [0.717, 1.165) is 12.5 Å². The van der Waals surface area contributed by atoms with Crippen molar-refractivity contribution in [2.24, 2.45) is 0 Å². The van der Waals surface area contributed by atoms with Crippen LogP contribution in [0.25, 0.3) is 0 Å². The van der Waals surface area contributed by atoms with Crippen LogP contribution in [-0.2, 0) is 38.2 Å². The summed E-state index contributed by atoms with van der Waals surface area (Å²) in [6, 6.07) is 4.25. The quantitative estimate of drug-likeness (QED) is 0.255. The van der Waals surface area contributed by atoms with Gasteiger partial charge in [-0.25, -0.2) is 9.59 Å². The first-order valence-electron chi connectivity index (χ1n) is 9.63. The van der Waals surface area contributed by atoms with Crippen LogP contribution in [0.2, 0.25) is 0 Å². The van der Waals surface area contributed by atoms with Crippen molar-refractivity contribution in [2.45, 2.75) is 18.9 Å². The van der Waals surface area contributed by atoms with Crippen molar-refractivity contribution >= 4 is 44.0 Å². The Morgan fingerprint density at radius 3 is 1.85 bits per heavy atom. The van der Waals surface area contributed by atoms with E-state index in [-0.39, 0.29) is 38.5 Å². The molecule has 0 saturated carbocycles. The average Bonchev–Trinajstić information content (AvgIpc) is 2.68. The molecule has 192 valence electrons.